The lowest BCUT2D eigenvalue weighted by Gasteiger charge is -2.41. The number of aromatic nitrogens is 4. The molecule has 4 aromatic rings. The fraction of sp³-hybridized carbons (Fsp3) is 0.353. The molecule has 0 saturated carbocycles. The predicted molar refractivity (Wildman–Crippen MR) is 173 cm³/mol. The van der Waals surface area contributed by atoms with E-state index in [1.54, 1.807) is 51.9 Å². The summed E-state index contributed by atoms with van der Waals surface area (Å²) in [6.45, 7) is 5.94. The van der Waals surface area contributed by atoms with Gasteiger partial charge in [0.05, 0.1) is 18.0 Å². The summed E-state index contributed by atoms with van der Waals surface area (Å²) < 4.78 is 23.1. The molecule has 0 unspecified atom stereocenters. The van der Waals surface area contributed by atoms with Crippen molar-refractivity contribution in [1.29, 1.82) is 5.26 Å². The van der Waals surface area contributed by atoms with Crippen LogP contribution in [0.2, 0.25) is 0 Å². The Morgan fingerprint density at radius 2 is 1.91 bits per heavy atom. The molecule has 2 fully saturated rings. The van der Waals surface area contributed by atoms with Crippen molar-refractivity contribution in [3.63, 3.8) is 0 Å². The van der Waals surface area contributed by atoms with Crippen molar-refractivity contribution in [1.82, 2.24) is 34.4 Å². The van der Waals surface area contributed by atoms with E-state index in [-0.39, 0.29) is 47.7 Å². The van der Waals surface area contributed by atoms with Crippen LogP contribution in [0.25, 0.3) is 22.3 Å². The van der Waals surface area contributed by atoms with Gasteiger partial charge in [0.2, 0.25) is 5.91 Å². The van der Waals surface area contributed by atoms with Crippen LogP contribution >= 0.6 is 0 Å². The van der Waals surface area contributed by atoms with Crippen molar-refractivity contribution < 1.29 is 18.7 Å². The molecule has 47 heavy (non-hydrogen) atoms. The van der Waals surface area contributed by atoms with Gasteiger partial charge in [0.1, 0.15) is 46.8 Å². The van der Waals surface area contributed by atoms with Gasteiger partial charge < -0.3 is 20.3 Å². The number of nitrogens with zero attached hydrogens (tertiary/aromatic N) is 8. The molecule has 6 rings (SSSR count). The number of nitrogen functional groups attached to an aromatic ring is 1. The van der Waals surface area contributed by atoms with Crippen molar-refractivity contribution in [2.24, 2.45) is 0 Å². The third-order valence-electron chi connectivity index (χ3n) is 8.84. The Morgan fingerprint density at radius 1 is 1.13 bits per heavy atom. The fourth-order valence-electron chi connectivity index (χ4n) is 6.16. The second-order valence-corrected chi connectivity index (χ2v) is 12.4. The number of carbonyl (C=O) groups is 2. The molecule has 2 aromatic carbocycles. The Labute approximate surface area is 271 Å². The van der Waals surface area contributed by atoms with Crippen LogP contribution in [0, 0.1) is 17.1 Å². The van der Waals surface area contributed by atoms with Gasteiger partial charge in [0.25, 0.3) is 5.91 Å². The van der Waals surface area contributed by atoms with E-state index in [0.717, 1.165) is 0 Å². The Kier molecular flexibility index (Phi) is 8.62. The molecule has 2 amide bonds. The second kappa shape index (κ2) is 12.8. The lowest BCUT2D eigenvalue weighted by atomic mass is 9.96. The van der Waals surface area contributed by atoms with Crippen LogP contribution < -0.4 is 10.5 Å². The van der Waals surface area contributed by atoms with E-state index < -0.39 is 17.3 Å². The number of fused-ring (bicyclic) bond motifs is 1. The Balaban J connectivity index is 1.27. The van der Waals surface area contributed by atoms with Crippen LogP contribution in [0.15, 0.2) is 66.5 Å². The third-order valence-corrected chi connectivity index (χ3v) is 8.84. The molecule has 1 atom stereocenters. The Hall–Kier alpha value is -5.35. The smallest absolute Gasteiger partial charge is 0.264 e. The first-order valence-corrected chi connectivity index (χ1v) is 15.5. The number of ether oxygens (including phenoxy) is 1. The first-order chi connectivity index (χ1) is 22.6. The number of para-hydroxylation sites is 1. The molecule has 0 aliphatic carbocycles. The first-order valence-electron chi connectivity index (χ1n) is 15.5. The fourth-order valence-corrected chi connectivity index (χ4v) is 6.16. The molecule has 12 nitrogen and oxygen atoms in total. The molecule has 2 aromatic heterocycles. The molecule has 242 valence electrons. The number of piperidine rings is 1. The van der Waals surface area contributed by atoms with Crippen LogP contribution in [-0.4, -0.2) is 91.6 Å². The zero-order valence-corrected chi connectivity index (χ0v) is 26.6. The van der Waals surface area contributed by atoms with Gasteiger partial charge >= 0.3 is 0 Å². The van der Waals surface area contributed by atoms with Crippen molar-refractivity contribution in [2.75, 3.05) is 45.5 Å². The van der Waals surface area contributed by atoms with E-state index in [1.807, 2.05) is 36.9 Å². The normalized spacial score (nSPS) is 18.0. The van der Waals surface area contributed by atoms with Crippen molar-refractivity contribution in [3.8, 4) is 28.8 Å². The maximum atomic E-state index is 15.6. The molecule has 0 spiro atoms. The van der Waals surface area contributed by atoms with E-state index in [1.165, 1.54) is 12.4 Å². The number of nitrogens with two attached hydrogens (primary N) is 1. The zero-order chi connectivity index (χ0) is 33.3. The number of hydrogen-bond donors (Lipinski definition) is 1. The largest absolute Gasteiger partial charge is 0.457 e. The average molecular weight is 638 g/mol. The topological polar surface area (TPSA) is 146 Å². The maximum Gasteiger partial charge on any atom is 0.264 e. The van der Waals surface area contributed by atoms with Gasteiger partial charge in [-0.15, -0.1) is 0 Å². The minimum Gasteiger partial charge on any atom is -0.457 e. The van der Waals surface area contributed by atoms with Crippen molar-refractivity contribution in [3.05, 3.63) is 72.3 Å². The molecular weight excluding hydrogens is 601 g/mol. The standard InChI is InChI=1S/C34H36FN9O3/c1-34(2,43-15-14-41(3)28(45)20-43)17-22(18-36)33(46)42-13-7-8-23(19-42)44-32-29(31(37)38-21-39-32)30(40-44)26-12-11-25(16-27(26)35)47-24-9-5-4-6-10-24/h4-6,9-12,16-17,21,23H,7-8,13-15,19-20H2,1-3H3,(H2,37,38,39)/t23-/m0/s1. The predicted octanol–water partition coefficient (Wildman–Crippen LogP) is 4.17. The minimum atomic E-state index is -0.694. The molecule has 4 heterocycles. The number of rotatable bonds is 7. The third kappa shape index (κ3) is 6.37. The van der Waals surface area contributed by atoms with Gasteiger partial charge in [-0.1, -0.05) is 18.2 Å². The zero-order valence-electron chi connectivity index (χ0n) is 26.6. The monoisotopic (exact) mass is 637 g/mol. The lowest BCUT2D eigenvalue weighted by Crippen LogP contribution is -2.55. The summed E-state index contributed by atoms with van der Waals surface area (Å²) in [4.78, 5) is 40.0. The molecule has 2 aliphatic rings. The highest BCUT2D eigenvalue weighted by molar-refractivity contribution is 5.99. The number of likely N-dealkylation sites (N-methyl/N-ethyl adjacent to an activating group) is 1. The number of nitriles is 1. The number of likely N-dealkylation sites (tertiary alicyclic amines) is 1. The van der Waals surface area contributed by atoms with Gasteiger partial charge in [-0.05, 0) is 57.0 Å². The summed E-state index contributed by atoms with van der Waals surface area (Å²) in [6.07, 6.45) is 4.32. The summed E-state index contributed by atoms with van der Waals surface area (Å²) >= 11 is 0. The summed E-state index contributed by atoms with van der Waals surface area (Å²) in [5.74, 6) is 0.113. The number of hydrogen-bond acceptors (Lipinski definition) is 9. The van der Waals surface area contributed by atoms with E-state index >= 15 is 4.39 Å². The van der Waals surface area contributed by atoms with Crippen LogP contribution in [-0.2, 0) is 9.59 Å². The Morgan fingerprint density at radius 3 is 2.64 bits per heavy atom. The number of anilines is 1. The summed E-state index contributed by atoms with van der Waals surface area (Å²) in [7, 11) is 1.76. The molecule has 0 radical (unpaired) electrons. The highest BCUT2D eigenvalue weighted by Crippen LogP contribution is 2.36. The van der Waals surface area contributed by atoms with Crippen LogP contribution in [0.5, 0.6) is 11.5 Å². The number of halogens is 1. The van der Waals surface area contributed by atoms with Crippen LogP contribution in [0.1, 0.15) is 32.7 Å². The number of benzene rings is 2. The Bertz CT molecular complexity index is 1900. The molecular formula is C34H36FN9O3. The highest BCUT2D eigenvalue weighted by atomic mass is 19.1. The van der Waals surface area contributed by atoms with Gasteiger partial charge in [0, 0.05) is 50.4 Å². The van der Waals surface area contributed by atoms with E-state index in [4.69, 9.17) is 15.6 Å². The summed E-state index contributed by atoms with van der Waals surface area (Å²) in [5.41, 5.74) is 6.54. The van der Waals surface area contributed by atoms with Crippen molar-refractivity contribution in [2.45, 2.75) is 38.3 Å². The lowest BCUT2D eigenvalue weighted by molar-refractivity contribution is -0.136. The maximum absolute atomic E-state index is 15.6. The van der Waals surface area contributed by atoms with E-state index in [2.05, 4.69) is 16.0 Å². The van der Waals surface area contributed by atoms with Crippen LogP contribution in [0.4, 0.5) is 10.2 Å². The molecule has 0 bridgehead atoms. The number of carbonyl (C=O) groups excluding carboxylic acids is 2. The van der Waals surface area contributed by atoms with Crippen LogP contribution in [0.3, 0.4) is 0 Å². The quantitative estimate of drug-likeness (QED) is 0.233. The first kappa shape index (κ1) is 31.6. The molecule has 2 N–H and O–H groups in total. The van der Waals surface area contributed by atoms with E-state index in [9.17, 15) is 14.9 Å². The van der Waals surface area contributed by atoms with Gasteiger partial charge in [0.15, 0.2) is 5.65 Å². The van der Waals surface area contributed by atoms with Gasteiger partial charge in [-0.3, -0.25) is 14.5 Å². The SMILES string of the molecule is CN1CCN(C(C)(C)C=C(C#N)C(=O)N2CCC[C@H](n3nc(-c4ccc(Oc5ccccc5)cc4F)c4c(N)ncnc43)C2)CC1=O. The van der Waals surface area contributed by atoms with Gasteiger partial charge in [-0.2, -0.15) is 10.4 Å². The van der Waals surface area contributed by atoms with E-state index in [0.29, 0.717) is 55.0 Å². The summed E-state index contributed by atoms with van der Waals surface area (Å²) in [5, 5.41) is 15.3. The molecule has 13 heteroatoms. The second-order valence-electron chi connectivity index (χ2n) is 12.4. The highest BCUT2D eigenvalue weighted by Gasteiger charge is 2.35. The van der Waals surface area contributed by atoms with Crippen molar-refractivity contribution >= 4 is 28.7 Å². The minimum absolute atomic E-state index is 0.00645. The van der Waals surface area contributed by atoms with Gasteiger partial charge in [-0.25, -0.2) is 19.0 Å². The summed E-state index contributed by atoms with van der Waals surface area (Å²) in [6, 6.07) is 15.4. The number of amides is 2. The average Bonchev–Trinajstić information content (AvgIpc) is 3.46. The molecule has 2 saturated heterocycles. The molecule has 2 aliphatic heterocycles. The number of piperazine rings is 1.